The predicted molar refractivity (Wildman–Crippen MR) is 188 cm³/mol. The van der Waals surface area contributed by atoms with E-state index in [1.165, 1.54) is 22.3 Å². The Bertz CT molecular complexity index is 1720. The van der Waals surface area contributed by atoms with Crippen LogP contribution in [-0.4, -0.2) is 26.5 Å². The first kappa shape index (κ1) is 30.2. The number of hydrogen-bond acceptors (Lipinski definition) is 4. The number of benzene rings is 4. The second-order valence-corrected chi connectivity index (χ2v) is 11.2. The van der Waals surface area contributed by atoms with Crippen LogP contribution in [0.5, 0.6) is 0 Å². The van der Waals surface area contributed by atoms with E-state index in [-0.39, 0.29) is 0 Å². The molecule has 0 bridgehead atoms. The topological polar surface area (TPSA) is 39.0 Å². The number of para-hydroxylation sites is 2. The SMILES string of the molecule is CN(/N=C/c1cc[n+](Cc2ccc(-c3ccc(C[n+]4ccc(/C=N/N(C)c5ccccc5)cc4)cc3)cc2)cc1)c1ccccc1. The monoisotopic (exact) mass is 602 g/mol. The van der Waals surface area contributed by atoms with Gasteiger partial charge >= 0.3 is 0 Å². The molecule has 46 heavy (non-hydrogen) atoms. The molecule has 0 amide bonds. The Balaban J connectivity index is 1.00. The Labute approximate surface area is 271 Å². The highest BCUT2D eigenvalue weighted by molar-refractivity contribution is 5.80. The lowest BCUT2D eigenvalue weighted by molar-refractivity contribution is -0.688. The van der Waals surface area contributed by atoms with E-state index in [1.807, 2.05) is 97.2 Å². The molecule has 6 nitrogen and oxygen atoms in total. The average Bonchev–Trinajstić information content (AvgIpc) is 3.12. The molecule has 0 saturated carbocycles. The standard InChI is InChI=1S/C40H38N6/c1-43(39-9-5-3-6-10-39)41-29-33-21-25-45(26-22-33)31-35-13-17-37(18-14-35)38-19-15-36(16-20-38)32-46-27-23-34(24-28-46)30-42-44(2)40-11-7-4-8-12-40/h3-30H,31-32H2,1-2H3/q+2. The molecule has 2 aromatic heterocycles. The maximum atomic E-state index is 4.56. The summed E-state index contributed by atoms with van der Waals surface area (Å²) in [6.07, 6.45) is 12.2. The van der Waals surface area contributed by atoms with Crippen molar-refractivity contribution in [3.8, 4) is 11.1 Å². The van der Waals surface area contributed by atoms with E-state index in [4.69, 9.17) is 0 Å². The zero-order chi connectivity index (χ0) is 31.6. The lowest BCUT2D eigenvalue weighted by Gasteiger charge is -2.11. The minimum absolute atomic E-state index is 0.812. The van der Waals surface area contributed by atoms with Gasteiger partial charge in [0, 0.05) is 60.6 Å². The van der Waals surface area contributed by atoms with Crippen molar-refractivity contribution in [1.29, 1.82) is 0 Å². The maximum absolute atomic E-state index is 4.56. The third-order valence-corrected chi connectivity index (χ3v) is 7.83. The van der Waals surface area contributed by atoms with Crippen LogP contribution in [0.2, 0.25) is 0 Å². The fourth-order valence-corrected chi connectivity index (χ4v) is 5.07. The largest absolute Gasteiger partial charge is 0.269 e. The van der Waals surface area contributed by atoms with Gasteiger partial charge in [-0.2, -0.15) is 10.2 Å². The summed E-state index contributed by atoms with van der Waals surface area (Å²) >= 11 is 0. The van der Waals surface area contributed by atoms with Crippen molar-refractivity contribution < 1.29 is 9.13 Å². The maximum Gasteiger partial charge on any atom is 0.173 e. The molecular weight excluding hydrogens is 564 g/mol. The van der Waals surface area contributed by atoms with E-state index in [9.17, 15) is 0 Å². The van der Waals surface area contributed by atoms with Crippen molar-refractivity contribution in [2.24, 2.45) is 10.2 Å². The molecule has 6 aromatic rings. The summed E-state index contributed by atoms with van der Waals surface area (Å²) in [5, 5.41) is 12.9. The van der Waals surface area contributed by atoms with Crippen LogP contribution < -0.4 is 19.2 Å². The van der Waals surface area contributed by atoms with E-state index >= 15 is 0 Å². The molecule has 4 aromatic carbocycles. The van der Waals surface area contributed by atoms with E-state index in [1.54, 1.807) is 0 Å². The summed E-state index contributed by atoms with van der Waals surface area (Å²) < 4.78 is 4.37. The average molecular weight is 603 g/mol. The molecule has 0 aliphatic carbocycles. The fourth-order valence-electron chi connectivity index (χ4n) is 5.07. The normalized spacial score (nSPS) is 11.3. The van der Waals surface area contributed by atoms with Gasteiger partial charge in [-0.3, -0.25) is 10.0 Å². The molecule has 226 valence electrons. The molecule has 0 fully saturated rings. The van der Waals surface area contributed by atoms with Crippen LogP contribution in [0.1, 0.15) is 22.3 Å². The molecule has 0 spiro atoms. The summed E-state index contributed by atoms with van der Waals surface area (Å²) in [5.74, 6) is 0. The number of rotatable bonds is 11. The molecule has 0 atom stereocenters. The van der Waals surface area contributed by atoms with E-state index < -0.39 is 0 Å². The van der Waals surface area contributed by atoms with Gasteiger partial charge in [-0.05, 0) is 35.4 Å². The zero-order valence-corrected chi connectivity index (χ0v) is 26.3. The van der Waals surface area contributed by atoms with Crippen molar-refractivity contribution in [2.45, 2.75) is 13.1 Å². The number of anilines is 2. The van der Waals surface area contributed by atoms with Crippen LogP contribution in [0.4, 0.5) is 11.4 Å². The molecule has 2 heterocycles. The van der Waals surface area contributed by atoms with Crippen molar-refractivity contribution in [1.82, 2.24) is 0 Å². The Morgan fingerprint density at radius 2 is 0.804 bits per heavy atom. The quantitative estimate of drug-likeness (QED) is 0.0913. The summed E-state index contributed by atoms with van der Waals surface area (Å²) in [5.41, 5.74) is 9.17. The minimum atomic E-state index is 0.812. The van der Waals surface area contributed by atoms with Crippen LogP contribution >= 0.6 is 0 Å². The van der Waals surface area contributed by atoms with Crippen molar-refractivity contribution in [3.63, 3.8) is 0 Å². The Morgan fingerprint density at radius 1 is 0.457 bits per heavy atom. The Morgan fingerprint density at radius 3 is 1.15 bits per heavy atom. The molecule has 0 N–H and O–H groups in total. The van der Waals surface area contributed by atoms with Gasteiger partial charge in [0.1, 0.15) is 0 Å². The Kier molecular flexibility index (Phi) is 9.66. The van der Waals surface area contributed by atoms with Gasteiger partial charge in [-0.25, -0.2) is 9.13 Å². The molecule has 0 unspecified atom stereocenters. The summed E-state index contributed by atoms with van der Waals surface area (Å²) in [7, 11) is 3.91. The number of hydrogen-bond donors (Lipinski definition) is 0. The lowest BCUT2D eigenvalue weighted by Crippen LogP contribution is -2.33. The third kappa shape index (κ3) is 8.18. The Hall–Kier alpha value is -5.88. The van der Waals surface area contributed by atoms with E-state index in [0.29, 0.717) is 0 Å². The van der Waals surface area contributed by atoms with Crippen molar-refractivity contribution in [2.75, 3.05) is 24.1 Å². The first-order chi connectivity index (χ1) is 22.6. The summed E-state index contributed by atoms with van der Waals surface area (Å²) in [4.78, 5) is 0. The van der Waals surface area contributed by atoms with E-state index in [0.717, 1.165) is 35.6 Å². The predicted octanol–water partition coefficient (Wildman–Crippen LogP) is 6.97. The smallest absolute Gasteiger partial charge is 0.173 e. The van der Waals surface area contributed by atoms with Crippen LogP contribution in [0.25, 0.3) is 11.1 Å². The first-order valence-electron chi connectivity index (χ1n) is 15.4. The highest BCUT2D eigenvalue weighted by Gasteiger charge is 2.07. The summed E-state index contributed by atoms with van der Waals surface area (Å²) in [6.45, 7) is 1.62. The molecule has 0 saturated heterocycles. The van der Waals surface area contributed by atoms with Crippen LogP contribution in [0, 0.1) is 0 Å². The van der Waals surface area contributed by atoms with Gasteiger partial charge < -0.3 is 0 Å². The lowest BCUT2D eigenvalue weighted by atomic mass is 10.0. The molecule has 0 radical (unpaired) electrons. The highest BCUT2D eigenvalue weighted by atomic mass is 15.4. The van der Waals surface area contributed by atoms with Gasteiger partial charge in [-0.15, -0.1) is 0 Å². The fraction of sp³-hybridized carbons (Fsp3) is 0.100. The van der Waals surface area contributed by atoms with Gasteiger partial charge in [-0.1, -0.05) is 84.9 Å². The number of hydrazone groups is 2. The highest BCUT2D eigenvalue weighted by Crippen LogP contribution is 2.21. The first-order valence-corrected chi connectivity index (χ1v) is 15.4. The molecule has 6 rings (SSSR count). The van der Waals surface area contributed by atoms with Gasteiger partial charge in [0.15, 0.2) is 37.9 Å². The molecular formula is C40H38N6+2. The van der Waals surface area contributed by atoms with Crippen molar-refractivity contribution >= 4 is 23.8 Å². The second-order valence-electron chi connectivity index (χ2n) is 11.2. The van der Waals surface area contributed by atoms with Crippen molar-refractivity contribution in [3.05, 3.63) is 181 Å². The van der Waals surface area contributed by atoms with Gasteiger partial charge in [0.25, 0.3) is 0 Å². The van der Waals surface area contributed by atoms with Gasteiger partial charge in [0.2, 0.25) is 0 Å². The molecule has 0 aliphatic rings. The van der Waals surface area contributed by atoms with Crippen LogP contribution in [0.3, 0.4) is 0 Å². The number of nitrogens with zero attached hydrogens (tertiary/aromatic N) is 6. The minimum Gasteiger partial charge on any atom is -0.269 e. The molecule has 0 aliphatic heterocycles. The summed E-state index contributed by atoms with van der Waals surface area (Å²) in [6, 6.07) is 46.2. The number of aromatic nitrogens is 2. The second kappa shape index (κ2) is 14.7. The number of pyridine rings is 2. The van der Waals surface area contributed by atoms with Gasteiger partial charge in [0.05, 0.1) is 23.8 Å². The van der Waals surface area contributed by atoms with Crippen LogP contribution in [0.15, 0.2) is 168 Å². The molecule has 6 heteroatoms. The van der Waals surface area contributed by atoms with E-state index in [2.05, 4.69) is 117 Å². The zero-order valence-electron chi connectivity index (χ0n) is 26.3. The van der Waals surface area contributed by atoms with Crippen LogP contribution in [-0.2, 0) is 13.1 Å². The third-order valence-electron chi connectivity index (χ3n) is 7.83.